The van der Waals surface area contributed by atoms with Gasteiger partial charge in [0.25, 0.3) is 5.56 Å². The van der Waals surface area contributed by atoms with Gasteiger partial charge in [0.2, 0.25) is 0 Å². The third kappa shape index (κ3) is 4.70. The predicted molar refractivity (Wildman–Crippen MR) is 127 cm³/mol. The van der Waals surface area contributed by atoms with Crippen LogP contribution in [0.1, 0.15) is 5.56 Å². The Bertz CT molecular complexity index is 1270. The molecule has 3 aromatic heterocycles. The normalized spacial score (nSPS) is 10.9. The Hall–Kier alpha value is -3.36. The summed E-state index contributed by atoms with van der Waals surface area (Å²) in [6, 6.07) is 15.5. The van der Waals surface area contributed by atoms with E-state index in [1.165, 1.54) is 4.57 Å². The van der Waals surface area contributed by atoms with E-state index in [-0.39, 0.29) is 18.7 Å². The van der Waals surface area contributed by atoms with Gasteiger partial charge in [-0.1, -0.05) is 0 Å². The summed E-state index contributed by atoms with van der Waals surface area (Å²) in [5.74, 6) is 1.70. The quantitative estimate of drug-likeness (QED) is 0.374. The highest BCUT2D eigenvalue weighted by Gasteiger charge is 2.13. The second-order valence-electron chi connectivity index (χ2n) is 7.06. The number of nitrogens with zero attached hydrogens (tertiary/aromatic N) is 3. The first-order valence-corrected chi connectivity index (χ1v) is 11.1. The minimum Gasteiger partial charge on any atom is -0.395 e. The lowest BCUT2D eigenvalue weighted by Crippen LogP contribution is -2.22. The zero-order valence-corrected chi connectivity index (χ0v) is 18.1. The van der Waals surface area contributed by atoms with Crippen molar-refractivity contribution < 1.29 is 5.11 Å². The van der Waals surface area contributed by atoms with Gasteiger partial charge in [0, 0.05) is 29.5 Å². The average Bonchev–Trinajstić information content (AvgIpc) is 2.76. The first kappa shape index (κ1) is 20.9. The molecular formula is C23H23N5O2S. The number of pyridine rings is 3. The second kappa shape index (κ2) is 9.20. The molecule has 4 rings (SSSR count). The Labute approximate surface area is 184 Å². The Kier molecular flexibility index (Phi) is 6.20. The summed E-state index contributed by atoms with van der Waals surface area (Å²) in [7, 11) is 0. The van der Waals surface area contributed by atoms with Crippen LogP contribution < -0.4 is 16.2 Å². The number of hydrogen-bond acceptors (Lipinski definition) is 7. The van der Waals surface area contributed by atoms with Gasteiger partial charge in [-0.3, -0.25) is 4.79 Å². The Morgan fingerprint density at radius 3 is 2.58 bits per heavy atom. The molecule has 3 N–H and O–H groups in total. The van der Waals surface area contributed by atoms with Crippen molar-refractivity contribution in [3.05, 3.63) is 76.8 Å². The van der Waals surface area contributed by atoms with Gasteiger partial charge >= 0.3 is 0 Å². The maximum absolute atomic E-state index is 13.1. The molecule has 158 valence electrons. The number of benzene rings is 1. The van der Waals surface area contributed by atoms with Crippen LogP contribution in [0.2, 0.25) is 0 Å². The summed E-state index contributed by atoms with van der Waals surface area (Å²) in [5.41, 5.74) is 1.70. The molecule has 0 fully saturated rings. The molecule has 0 bridgehead atoms. The number of aromatic nitrogens is 3. The highest BCUT2D eigenvalue weighted by atomic mass is 32.2. The molecule has 31 heavy (non-hydrogen) atoms. The molecule has 0 radical (unpaired) electrons. The summed E-state index contributed by atoms with van der Waals surface area (Å²) in [5, 5.41) is 17.0. The largest absolute Gasteiger partial charge is 0.395 e. The van der Waals surface area contributed by atoms with E-state index >= 15 is 0 Å². The van der Waals surface area contributed by atoms with Gasteiger partial charge in [-0.25, -0.2) is 9.97 Å². The summed E-state index contributed by atoms with van der Waals surface area (Å²) in [6.07, 6.45) is 5.45. The fraction of sp³-hybridized carbons (Fsp3) is 0.174. The molecule has 0 aliphatic heterocycles. The van der Waals surface area contributed by atoms with E-state index in [0.717, 1.165) is 21.5 Å². The fourth-order valence-corrected chi connectivity index (χ4v) is 3.70. The van der Waals surface area contributed by atoms with Crippen LogP contribution in [0.3, 0.4) is 0 Å². The van der Waals surface area contributed by atoms with Gasteiger partial charge in [0.15, 0.2) is 0 Å². The Balaban J connectivity index is 1.81. The van der Waals surface area contributed by atoms with E-state index in [9.17, 15) is 9.90 Å². The van der Waals surface area contributed by atoms with Crippen molar-refractivity contribution in [2.24, 2.45) is 0 Å². The highest BCUT2D eigenvalue weighted by Crippen LogP contribution is 2.27. The van der Waals surface area contributed by atoms with Crippen LogP contribution in [0, 0.1) is 6.92 Å². The number of rotatable bonds is 7. The van der Waals surface area contributed by atoms with Gasteiger partial charge in [0.1, 0.15) is 17.5 Å². The lowest BCUT2D eigenvalue weighted by atomic mass is 10.2. The lowest BCUT2D eigenvalue weighted by Gasteiger charge is -2.14. The van der Waals surface area contributed by atoms with Crippen molar-refractivity contribution in [1.82, 2.24) is 14.5 Å². The molecule has 0 saturated heterocycles. The van der Waals surface area contributed by atoms with Crippen LogP contribution in [0.4, 0.5) is 23.1 Å². The molecule has 0 spiro atoms. The molecule has 1 aromatic carbocycles. The van der Waals surface area contributed by atoms with Crippen LogP contribution in [0.15, 0.2) is 70.6 Å². The average molecular weight is 434 g/mol. The van der Waals surface area contributed by atoms with E-state index < -0.39 is 0 Å². The van der Waals surface area contributed by atoms with Gasteiger partial charge < -0.3 is 20.3 Å². The third-order valence-corrected chi connectivity index (χ3v) is 5.57. The molecule has 8 heteroatoms. The van der Waals surface area contributed by atoms with E-state index in [1.54, 1.807) is 24.2 Å². The first-order valence-electron chi connectivity index (χ1n) is 9.83. The summed E-state index contributed by atoms with van der Waals surface area (Å²) in [4.78, 5) is 23.2. The maximum atomic E-state index is 13.1. The maximum Gasteiger partial charge on any atom is 0.262 e. The van der Waals surface area contributed by atoms with E-state index in [1.807, 2.05) is 61.7 Å². The number of fused-ring (bicyclic) bond motifs is 1. The SMILES string of the molecule is CSc1ccc(Nc2nc(Nc3cc(C)ccn3)cc3ccn(CCO)c(=O)c23)cc1. The summed E-state index contributed by atoms with van der Waals surface area (Å²) in [6.45, 7) is 2.11. The molecule has 7 nitrogen and oxygen atoms in total. The standard InChI is InChI=1S/C23H23N5O2S/c1-15-7-9-24-19(13-15)26-20-14-16-8-10-28(11-12-29)23(30)21(16)22(27-20)25-17-3-5-18(31-2)6-4-17/h3-10,13-14,29H,11-12H2,1-2H3,(H2,24,25,26,27). The lowest BCUT2D eigenvalue weighted by molar-refractivity contribution is 0.274. The Morgan fingerprint density at radius 2 is 1.87 bits per heavy atom. The molecule has 0 unspecified atom stereocenters. The van der Waals surface area contributed by atoms with Crippen LogP contribution >= 0.6 is 11.8 Å². The van der Waals surface area contributed by atoms with Gasteiger partial charge in [0.05, 0.1) is 12.0 Å². The van der Waals surface area contributed by atoms with Crippen molar-refractivity contribution in [3.63, 3.8) is 0 Å². The monoisotopic (exact) mass is 433 g/mol. The molecule has 0 aliphatic carbocycles. The predicted octanol–water partition coefficient (Wildman–Crippen LogP) is 4.30. The van der Waals surface area contributed by atoms with Gasteiger partial charge in [-0.15, -0.1) is 11.8 Å². The number of aliphatic hydroxyl groups excluding tert-OH is 1. The van der Waals surface area contributed by atoms with Crippen LogP contribution in [0.5, 0.6) is 0 Å². The van der Waals surface area contributed by atoms with Gasteiger partial charge in [-0.2, -0.15) is 0 Å². The summed E-state index contributed by atoms with van der Waals surface area (Å²) < 4.78 is 1.49. The minimum atomic E-state index is -0.206. The van der Waals surface area contributed by atoms with Crippen molar-refractivity contribution in [1.29, 1.82) is 0 Å². The molecule has 0 aliphatic rings. The van der Waals surface area contributed by atoms with Crippen LogP contribution in [0.25, 0.3) is 10.8 Å². The molecule has 0 saturated carbocycles. The summed E-state index contributed by atoms with van der Waals surface area (Å²) >= 11 is 1.66. The van der Waals surface area contributed by atoms with E-state index in [2.05, 4.69) is 20.6 Å². The number of anilines is 4. The highest BCUT2D eigenvalue weighted by molar-refractivity contribution is 7.98. The molecular weight excluding hydrogens is 410 g/mol. The number of aliphatic hydroxyl groups is 1. The minimum absolute atomic E-state index is 0.115. The second-order valence-corrected chi connectivity index (χ2v) is 7.93. The number of aryl methyl sites for hydroxylation is 1. The topological polar surface area (TPSA) is 92.1 Å². The number of thioether (sulfide) groups is 1. The van der Waals surface area contributed by atoms with Crippen molar-refractivity contribution in [3.8, 4) is 0 Å². The fourth-order valence-electron chi connectivity index (χ4n) is 3.29. The molecule has 3 heterocycles. The third-order valence-electron chi connectivity index (χ3n) is 4.82. The molecule has 0 atom stereocenters. The molecule has 4 aromatic rings. The van der Waals surface area contributed by atoms with Gasteiger partial charge in [-0.05, 0) is 72.7 Å². The van der Waals surface area contributed by atoms with E-state index in [0.29, 0.717) is 22.8 Å². The zero-order valence-electron chi connectivity index (χ0n) is 17.3. The van der Waals surface area contributed by atoms with Crippen LogP contribution in [-0.4, -0.2) is 32.5 Å². The molecule has 0 amide bonds. The first-order chi connectivity index (χ1) is 15.1. The Morgan fingerprint density at radius 1 is 1.06 bits per heavy atom. The van der Waals surface area contributed by atoms with Crippen molar-refractivity contribution in [2.75, 3.05) is 23.5 Å². The number of nitrogens with one attached hydrogen (secondary N) is 2. The smallest absolute Gasteiger partial charge is 0.262 e. The number of hydrogen-bond donors (Lipinski definition) is 3. The zero-order chi connectivity index (χ0) is 21.8. The van der Waals surface area contributed by atoms with Crippen molar-refractivity contribution >= 4 is 45.7 Å². The van der Waals surface area contributed by atoms with E-state index in [4.69, 9.17) is 0 Å². The van der Waals surface area contributed by atoms with Crippen molar-refractivity contribution in [2.45, 2.75) is 18.4 Å². The van der Waals surface area contributed by atoms with Crippen LogP contribution in [-0.2, 0) is 6.54 Å².